The van der Waals surface area contributed by atoms with Gasteiger partial charge in [-0.15, -0.1) is 0 Å². The molecule has 0 N–H and O–H groups in total. The average molecular weight is 182 g/mol. The first-order valence-electron chi connectivity index (χ1n) is 5.29. The van der Waals surface area contributed by atoms with Gasteiger partial charge in [0.2, 0.25) is 0 Å². The van der Waals surface area contributed by atoms with Crippen molar-refractivity contribution >= 4 is 5.78 Å². The van der Waals surface area contributed by atoms with Gasteiger partial charge in [-0.3, -0.25) is 4.79 Å². The van der Waals surface area contributed by atoms with Gasteiger partial charge in [-0.1, -0.05) is 34.6 Å². The second-order valence-corrected chi connectivity index (χ2v) is 6.02. The fourth-order valence-electron chi connectivity index (χ4n) is 2.46. The molecular formula is C12H22O. The molecule has 1 unspecified atom stereocenters. The van der Waals surface area contributed by atoms with Crippen molar-refractivity contribution < 1.29 is 4.79 Å². The summed E-state index contributed by atoms with van der Waals surface area (Å²) in [5.74, 6) is 0.700. The van der Waals surface area contributed by atoms with Crippen LogP contribution in [0.2, 0.25) is 0 Å². The minimum absolute atomic E-state index is 0.0901. The molecule has 0 saturated heterocycles. The molecule has 1 rings (SSSR count). The molecular weight excluding hydrogens is 160 g/mol. The van der Waals surface area contributed by atoms with Crippen LogP contribution < -0.4 is 0 Å². The van der Waals surface area contributed by atoms with Crippen LogP contribution in [-0.4, -0.2) is 5.78 Å². The van der Waals surface area contributed by atoms with Crippen LogP contribution in [-0.2, 0) is 4.79 Å². The van der Waals surface area contributed by atoms with Crippen LogP contribution in [0.3, 0.4) is 0 Å². The molecule has 0 amide bonds. The van der Waals surface area contributed by atoms with Gasteiger partial charge in [0, 0.05) is 11.3 Å². The Morgan fingerprint density at radius 1 is 1.15 bits per heavy atom. The molecule has 0 aromatic rings. The highest BCUT2D eigenvalue weighted by atomic mass is 16.1. The van der Waals surface area contributed by atoms with Crippen molar-refractivity contribution in [3.05, 3.63) is 0 Å². The molecule has 1 aliphatic carbocycles. The second-order valence-electron chi connectivity index (χ2n) is 6.02. The van der Waals surface area contributed by atoms with Gasteiger partial charge in [0.25, 0.3) is 0 Å². The highest BCUT2D eigenvalue weighted by Crippen LogP contribution is 2.42. The van der Waals surface area contributed by atoms with Gasteiger partial charge in [0.05, 0.1) is 0 Å². The number of hydrogen-bond donors (Lipinski definition) is 0. The summed E-state index contributed by atoms with van der Waals surface area (Å²) in [7, 11) is 0. The standard InChI is InChI=1S/C12H22O/c1-9-8-11(2,3)6-7-12(4,5)10(9)13/h9H,6-8H2,1-5H3. The van der Waals surface area contributed by atoms with Crippen LogP contribution in [0.25, 0.3) is 0 Å². The molecule has 1 saturated carbocycles. The van der Waals surface area contributed by atoms with E-state index in [9.17, 15) is 4.79 Å². The fourth-order valence-corrected chi connectivity index (χ4v) is 2.46. The Morgan fingerprint density at radius 3 is 2.23 bits per heavy atom. The summed E-state index contributed by atoms with van der Waals surface area (Å²) >= 11 is 0. The first-order valence-corrected chi connectivity index (χ1v) is 5.29. The molecule has 0 radical (unpaired) electrons. The molecule has 0 spiro atoms. The van der Waals surface area contributed by atoms with Gasteiger partial charge in [-0.25, -0.2) is 0 Å². The third-order valence-electron chi connectivity index (χ3n) is 3.40. The van der Waals surface area contributed by atoms with Gasteiger partial charge in [-0.05, 0) is 24.7 Å². The Hall–Kier alpha value is -0.330. The van der Waals surface area contributed by atoms with Gasteiger partial charge in [-0.2, -0.15) is 0 Å². The van der Waals surface area contributed by atoms with E-state index in [0.717, 1.165) is 12.8 Å². The second kappa shape index (κ2) is 3.11. The van der Waals surface area contributed by atoms with Gasteiger partial charge in [0.1, 0.15) is 5.78 Å². The summed E-state index contributed by atoms with van der Waals surface area (Å²) in [6.07, 6.45) is 3.27. The minimum atomic E-state index is -0.0901. The van der Waals surface area contributed by atoms with Gasteiger partial charge >= 0.3 is 0 Å². The lowest BCUT2D eigenvalue weighted by molar-refractivity contribution is -0.130. The maximum Gasteiger partial charge on any atom is 0.141 e. The Labute approximate surface area is 81.9 Å². The first kappa shape index (κ1) is 10.7. The third kappa shape index (κ3) is 2.32. The van der Waals surface area contributed by atoms with Crippen molar-refractivity contribution in [3.8, 4) is 0 Å². The average Bonchev–Trinajstić information content (AvgIpc) is 2.03. The first-order chi connectivity index (χ1) is 5.75. The summed E-state index contributed by atoms with van der Waals surface area (Å²) in [4.78, 5) is 12.0. The zero-order valence-corrected chi connectivity index (χ0v) is 9.61. The SMILES string of the molecule is CC1CC(C)(C)CCC(C)(C)C1=O. The molecule has 0 bridgehead atoms. The molecule has 0 aromatic carbocycles. The Balaban J connectivity index is 2.87. The lowest BCUT2D eigenvalue weighted by Crippen LogP contribution is -2.27. The van der Waals surface area contributed by atoms with E-state index in [1.54, 1.807) is 0 Å². The molecule has 1 aliphatic rings. The van der Waals surface area contributed by atoms with Crippen molar-refractivity contribution in [3.63, 3.8) is 0 Å². The van der Waals surface area contributed by atoms with Crippen molar-refractivity contribution in [2.45, 2.75) is 53.9 Å². The van der Waals surface area contributed by atoms with Crippen molar-refractivity contribution in [1.82, 2.24) is 0 Å². The van der Waals surface area contributed by atoms with Crippen LogP contribution in [0.15, 0.2) is 0 Å². The summed E-state index contributed by atoms with van der Waals surface area (Å²) in [5.41, 5.74) is 0.260. The van der Waals surface area contributed by atoms with E-state index in [4.69, 9.17) is 0 Å². The molecule has 76 valence electrons. The van der Waals surface area contributed by atoms with Crippen molar-refractivity contribution in [2.24, 2.45) is 16.7 Å². The van der Waals surface area contributed by atoms with Crippen LogP contribution in [0.5, 0.6) is 0 Å². The van der Waals surface area contributed by atoms with E-state index < -0.39 is 0 Å². The smallest absolute Gasteiger partial charge is 0.141 e. The number of carbonyl (C=O) groups excluding carboxylic acids is 1. The van der Waals surface area contributed by atoms with E-state index in [2.05, 4.69) is 34.6 Å². The normalized spacial score (nSPS) is 32.7. The van der Waals surface area contributed by atoms with E-state index in [0.29, 0.717) is 11.2 Å². The van der Waals surface area contributed by atoms with Gasteiger partial charge < -0.3 is 0 Å². The molecule has 13 heavy (non-hydrogen) atoms. The summed E-state index contributed by atoms with van der Waals surface area (Å²) in [6, 6.07) is 0. The summed E-state index contributed by atoms with van der Waals surface area (Å²) in [5, 5.41) is 0. The number of carbonyl (C=O) groups is 1. The number of rotatable bonds is 0. The Bertz CT molecular complexity index is 213. The van der Waals surface area contributed by atoms with Crippen molar-refractivity contribution in [2.75, 3.05) is 0 Å². The van der Waals surface area contributed by atoms with E-state index >= 15 is 0 Å². The lowest BCUT2D eigenvalue weighted by atomic mass is 9.80. The predicted octanol–water partition coefficient (Wildman–Crippen LogP) is 3.43. The molecule has 1 nitrogen and oxygen atoms in total. The molecule has 1 heteroatoms. The van der Waals surface area contributed by atoms with Crippen LogP contribution in [0.4, 0.5) is 0 Å². The Kier molecular flexibility index (Phi) is 2.57. The third-order valence-corrected chi connectivity index (χ3v) is 3.40. The molecule has 0 heterocycles. The molecule has 1 fully saturated rings. The summed E-state index contributed by atoms with van der Waals surface area (Å²) in [6.45, 7) is 10.8. The highest BCUT2D eigenvalue weighted by Gasteiger charge is 2.38. The maximum atomic E-state index is 12.0. The number of ketones is 1. The largest absolute Gasteiger partial charge is 0.299 e. The minimum Gasteiger partial charge on any atom is -0.299 e. The fraction of sp³-hybridized carbons (Fsp3) is 0.917. The zero-order chi connectivity index (χ0) is 10.3. The summed E-state index contributed by atoms with van der Waals surface area (Å²) < 4.78 is 0. The maximum absolute atomic E-state index is 12.0. The van der Waals surface area contributed by atoms with Crippen LogP contribution >= 0.6 is 0 Å². The number of hydrogen-bond acceptors (Lipinski definition) is 1. The van der Waals surface area contributed by atoms with E-state index in [1.165, 1.54) is 6.42 Å². The quantitative estimate of drug-likeness (QED) is 0.524. The Morgan fingerprint density at radius 2 is 1.69 bits per heavy atom. The molecule has 1 atom stereocenters. The van der Waals surface area contributed by atoms with E-state index in [1.807, 2.05) is 0 Å². The predicted molar refractivity (Wildman–Crippen MR) is 55.6 cm³/mol. The van der Waals surface area contributed by atoms with Gasteiger partial charge in [0.15, 0.2) is 0 Å². The lowest BCUT2D eigenvalue weighted by Gasteiger charge is -2.23. The molecule has 0 aromatic heterocycles. The zero-order valence-electron chi connectivity index (χ0n) is 9.61. The van der Waals surface area contributed by atoms with E-state index in [-0.39, 0.29) is 11.3 Å². The monoisotopic (exact) mass is 182 g/mol. The highest BCUT2D eigenvalue weighted by molar-refractivity contribution is 5.86. The molecule has 0 aliphatic heterocycles. The van der Waals surface area contributed by atoms with Crippen LogP contribution in [0.1, 0.15) is 53.9 Å². The van der Waals surface area contributed by atoms with Crippen LogP contribution in [0, 0.1) is 16.7 Å². The topological polar surface area (TPSA) is 17.1 Å². The van der Waals surface area contributed by atoms with Crippen molar-refractivity contribution in [1.29, 1.82) is 0 Å². The number of Topliss-reactive ketones (excluding diaryl/α,β-unsaturated/α-hetero) is 1.